The van der Waals surface area contributed by atoms with Gasteiger partial charge in [0.05, 0.1) is 18.7 Å². The summed E-state index contributed by atoms with van der Waals surface area (Å²) in [5.74, 6) is 0.692. The molecule has 0 aliphatic carbocycles. The van der Waals surface area contributed by atoms with Crippen LogP contribution in [-0.2, 0) is 22.6 Å². The fourth-order valence-corrected chi connectivity index (χ4v) is 2.50. The minimum atomic E-state index is -0.529. The summed E-state index contributed by atoms with van der Waals surface area (Å²) in [5.41, 5.74) is 1.23. The minimum Gasteiger partial charge on any atom is -0.444 e. The van der Waals surface area contributed by atoms with Crippen molar-refractivity contribution in [3.63, 3.8) is 0 Å². The van der Waals surface area contributed by atoms with Crippen LogP contribution in [-0.4, -0.2) is 42.9 Å². The number of amides is 1. The van der Waals surface area contributed by atoms with Crippen molar-refractivity contribution in [3.8, 4) is 0 Å². The van der Waals surface area contributed by atoms with Crippen LogP contribution in [0.2, 0.25) is 0 Å². The second kappa shape index (κ2) is 13.7. The molecule has 0 spiro atoms. The molecule has 0 aliphatic heterocycles. The molecule has 0 radical (unpaired) electrons. The zero-order valence-corrected chi connectivity index (χ0v) is 21.8. The predicted molar refractivity (Wildman–Crippen MR) is 133 cm³/mol. The standard InChI is InChI=1S/C22H38N4O3.HI/c1-8-23-19(24-14-17-12-10-11-13-18(17)15-28-9-2)25-16-22(6,7)26-20(27)29-21(3,4)5;/h10-13H,8-9,14-16H2,1-7H3,(H,26,27)(H2,23,24,25);1H. The van der Waals surface area contributed by atoms with Crippen LogP contribution < -0.4 is 16.0 Å². The molecule has 1 aromatic carbocycles. The minimum absolute atomic E-state index is 0. The molecule has 0 fully saturated rings. The normalized spacial score (nSPS) is 12.0. The van der Waals surface area contributed by atoms with Crippen molar-refractivity contribution in [1.82, 2.24) is 16.0 Å². The number of guanidine groups is 1. The average molecular weight is 534 g/mol. The van der Waals surface area contributed by atoms with Crippen molar-refractivity contribution in [1.29, 1.82) is 0 Å². The number of rotatable bonds is 9. The molecule has 1 rings (SSSR count). The molecule has 3 N–H and O–H groups in total. The molecular weight excluding hydrogens is 495 g/mol. The van der Waals surface area contributed by atoms with Crippen LogP contribution in [0.25, 0.3) is 0 Å². The second-order valence-electron chi connectivity index (χ2n) is 8.47. The summed E-state index contributed by atoms with van der Waals surface area (Å²) in [6.45, 7) is 16.5. The zero-order chi connectivity index (χ0) is 21.9. The van der Waals surface area contributed by atoms with E-state index in [4.69, 9.17) is 9.47 Å². The number of nitrogens with zero attached hydrogens (tertiary/aromatic N) is 1. The molecule has 7 nitrogen and oxygen atoms in total. The first-order valence-electron chi connectivity index (χ1n) is 10.2. The molecule has 1 aromatic rings. The van der Waals surface area contributed by atoms with Crippen LogP contribution in [0.1, 0.15) is 59.6 Å². The number of nitrogens with one attached hydrogen (secondary N) is 3. The van der Waals surface area contributed by atoms with Gasteiger partial charge >= 0.3 is 6.09 Å². The number of hydrogen-bond donors (Lipinski definition) is 3. The molecule has 1 amide bonds. The number of aliphatic imine (C=N–C) groups is 1. The summed E-state index contributed by atoms with van der Waals surface area (Å²) in [5, 5.41) is 9.44. The predicted octanol–water partition coefficient (Wildman–Crippen LogP) is 4.20. The quantitative estimate of drug-likeness (QED) is 0.251. The van der Waals surface area contributed by atoms with Crippen LogP contribution in [0.4, 0.5) is 4.79 Å². The van der Waals surface area contributed by atoms with E-state index in [1.807, 2.05) is 60.6 Å². The van der Waals surface area contributed by atoms with Gasteiger partial charge in [-0.2, -0.15) is 0 Å². The molecule has 30 heavy (non-hydrogen) atoms. The number of alkyl carbamates (subject to hydrolysis) is 1. The first kappa shape index (κ1) is 28.5. The van der Waals surface area contributed by atoms with E-state index in [2.05, 4.69) is 33.1 Å². The number of benzene rings is 1. The Kier molecular flexibility index (Phi) is 13.0. The van der Waals surface area contributed by atoms with Crippen LogP contribution >= 0.6 is 24.0 Å². The fraction of sp³-hybridized carbons (Fsp3) is 0.636. The van der Waals surface area contributed by atoms with Gasteiger partial charge in [0.25, 0.3) is 0 Å². The summed E-state index contributed by atoms with van der Waals surface area (Å²) in [7, 11) is 0. The number of carbonyl (C=O) groups excluding carboxylic acids is 1. The lowest BCUT2D eigenvalue weighted by Crippen LogP contribution is -2.54. The van der Waals surface area contributed by atoms with Gasteiger partial charge in [-0.1, -0.05) is 24.3 Å². The number of carbonyl (C=O) groups is 1. The van der Waals surface area contributed by atoms with Gasteiger partial charge in [0.2, 0.25) is 0 Å². The molecule has 8 heteroatoms. The highest BCUT2D eigenvalue weighted by Gasteiger charge is 2.24. The highest BCUT2D eigenvalue weighted by atomic mass is 127. The highest BCUT2D eigenvalue weighted by Crippen LogP contribution is 2.12. The van der Waals surface area contributed by atoms with E-state index in [0.717, 1.165) is 17.7 Å². The molecule has 0 bridgehead atoms. The Labute approximate surface area is 198 Å². The maximum Gasteiger partial charge on any atom is 0.408 e. The smallest absolute Gasteiger partial charge is 0.408 e. The Morgan fingerprint density at radius 1 is 1.03 bits per heavy atom. The van der Waals surface area contributed by atoms with Gasteiger partial charge in [-0.25, -0.2) is 9.79 Å². The first-order chi connectivity index (χ1) is 13.6. The summed E-state index contributed by atoms with van der Waals surface area (Å²) < 4.78 is 10.9. The van der Waals surface area contributed by atoms with E-state index in [-0.39, 0.29) is 24.0 Å². The SMILES string of the molecule is CCNC(=NCc1ccccc1COCC)NCC(C)(C)NC(=O)OC(C)(C)C.I. The molecular formula is C22H39IN4O3. The van der Waals surface area contributed by atoms with Gasteiger partial charge < -0.3 is 25.4 Å². The van der Waals surface area contributed by atoms with Crippen molar-refractivity contribution in [2.75, 3.05) is 19.7 Å². The van der Waals surface area contributed by atoms with Crippen molar-refractivity contribution in [2.45, 2.75) is 72.8 Å². The number of hydrogen-bond acceptors (Lipinski definition) is 4. The molecule has 0 heterocycles. The van der Waals surface area contributed by atoms with Gasteiger partial charge in [0.1, 0.15) is 5.60 Å². The van der Waals surface area contributed by atoms with Crippen molar-refractivity contribution in [3.05, 3.63) is 35.4 Å². The maximum absolute atomic E-state index is 12.1. The fourth-order valence-electron chi connectivity index (χ4n) is 2.50. The number of halogens is 1. The van der Waals surface area contributed by atoms with Crippen molar-refractivity contribution in [2.24, 2.45) is 4.99 Å². The molecule has 0 aromatic heterocycles. The van der Waals surface area contributed by atoms with Gasteiger partial charge in [-0.3, -0.25) is 0 Å². The first-order valence-corrected chi connectivity index (χ1v) is 10.2. The van der Waals surface area contributed by atoms with E-state index < -0.39 is 17.2 Å². The van der Waals surface area contributed by atoms with Crippen LogP contribution in [0.15, 0.2) is 29.3 Å². The number of ether oxygens (including phenoxy) is 2. The van der Waals surface area contributed by atoms with E-state index >= 15 is 0 Å². The largest absolute Gasteiger partial charge is 0.444 e. The van der Waals surface area contributed by atoms with Gasteiger partial charge in [-0.15, -0.1) is 24.0 Å². The van der Waals surface area contributed by atoms with E-state index in [1.165, 1.54) is 0 Å². The van der Waals surface area contributed by atoms with E-state index in [1.54, 1.807) is 0 Å². The third-order valence-corrected chi connectivity index (χ3v) is 3.87. The summed E-state index contributed by atoms with van der Waals surface area (Å²) in [6.07, 6.45) is -0.434. The molecule has 0 atom stereocenters. The molecule has 0 saturated heterocycles. The van der Waals surface area contributed by atoms with Gasteiger partial charge in [0, 0.05) is 19.7 Å². The summed E-state index contributed by atoms with van der Waals surface area (Å²) in [4.78, 5) is 16.7. The topological polar surface area (TPSA) is 84.0 Å². The van der Waals surface area contributed by atoms with Gasteiger partial charge in [0.15, 0.2) is 5.96 Å². The second-order valence-corrected chi connectivity index (χ2v) is 8.47. The Morgan fingerprint density at radius 2 is 1.67 bits per heavy atom. The molecule has 0 unspecified atom stereocenters. The van der Waals surface area contributed by atoms with Crippen LogP contribution in [0.5, 0.6) is 0 Å². The van der Waals surface area contributed by atoms with E-state index in [9.17, 15) is 4.79 Å². The average Bonchev–Trinajstić information content (AvgIpc) is 2.61. The molecule has 0 saturated carbocycles. The Bertz CT molecular complexity index is 673. The zero-order valence-electron chi connectivity index (χ0n) is 19.4. The Balaban J connectivity index is 0.00000841. The lowest BCUT2D eigenvalue weighted by Gasteiger charge is -2.29. The molecule has 172 valence electrons. The highest BCUT2D eigenvalue weighted by molar-refractivity contribution is 14.0. The Hall–Kier alpha value is -1.55. The third-order valence-electron chi connectivity index (χ3n) is 3.87. The van der Waals surface area contributed by atoms with Crippen LogP contribution in [0.3, 0.4) is 0 Å². The molecule has 0 aliphatic rings. The lowest BCUT2D eigenvalue weighted by atomic mass is 10.1. The van der Waals surface area contributed by atoms with E-state index in [0.29, 0.717) is 32.3 Å². The third kappa shape index (κ3) is 12.2. The van der Waals surface area contributed by atoms with Gasteiger partial charge in [-0.05, 0) is 59.6 Å². The lowest BCUT2D eigenvalue weighted by molar-refractivity contribution is 0.0474. The summed E-state index contributed by atoms with van der Waals surface area (Å²) >= 11 is 0. The van der Waals surface area contributed by atoms with Crippen molar-refractivity contribution < 1.29 is 14.3 Å². The Morgan fingerprint density at radius 3 is 2.23 bits per heavy atom. The van der Waals surface area contributed by atoms with Crippen molar-refractivity contribution >= 4 is 36.0 Å². The monoisotopic (exact) mass is 534 g/mol. The summed E-state index contributed by atoms with van der Waals surface area (Å²) in [6, 6.07) is 8.15. The van der Waals surface area contributed by atoms with Crippen LogP contribution in [0, 0.1) is 0 Å². The maximum atomic E-state index is 12.1.